The third-order valence-electron chi connectivity index (χ3n) is 4.63. The number of nitrogens with zero attached hydrogens (tertiary/aromatic N) is 2. The Morgan fingerprint density at radius 1 is 1.03 bits per heavy atom. The lowest BCUT2D eigenvalue weighted by Crippen LogP contribution is -2.52. The fourth-order valence-corrected chi connectivity index (χ4v) is 4.51. The molecule has 0 unspecified atom stereocenters. The normalized spacial score (nSPS) is 15.2. The van der Waals surface area contributed by atoms with Crippen LogP contribution in [0.5, 0.6) is 5.75 Å². The van der Waals surface area contributed by atoms with E-state index < -0.39 is 23.1 Å². The smallest absolute Gasteiger partial charge is 0.317 e. The standard InChI is InChI=1S/C20H23F2N3O4S/c21-19(22)15-29-17-6-4-5-16(13-17)14-23-20(26)24-9-11-25(12-10-24)30(27,28)18-7-2-1-3-8-18/h1-8,13,19H,9-12,14-15H2,(H,23,26). The fourth-order valence-electron chi connectivity index (χ4n) is 3.07. The highest BCUT2D eigenvalue weighted by molar-refractivity contribution is 7.89. The third-order valence-corrected chi connectivity index (χ3v) is 6.54. The van der Waals surface area contributed by atoms with Gasteiger partial charge in [-0.1, -0.05) is 30.3 Å². The van der Waals surface area contributed by atoms with Crippen LogP contribution < -0.4 is 10.1 Å². The van der Waals surface area contributed by atoms with Crippen molar-refractivity contribution in [1.29, 1.82) is 0 Å². The van der Waals surface area contributed by atoms with Crippen LogP contribution in [0.25, 0.3) is 0 Å². The molecule has 2 aromatic carbocycles. The molecule has 1 aliphatic rings. The molecule has 0 atom stereocenters. The Balaban J connectivity index is 1.50. The van der Waals surface area contributed by atoms with Crippen molar-refractivity contribution in [1.82, 2.24) is 14.5 Å². The van der Waals surface area contributed by atoms with E-state index in [9.17, 15) is 22.0 Å². The van der Waals surface area contributed by atoms with Gasteiger partial charge in [0.1, 0.15) is 12.4 Å². The molecule has 7 nitrogen and oxygen atoms in total. The summed E-state index contributed by atoms with van der Waals surface area (Å²) in [5.41, 5.74) is 0.709. The van der Waals surface area contributed by atoms with E-state index in [1.165, 1.54) is 4.31 Å². The number of piperazine rings is 1. The number of urea groups is 1. The van der Waals surface area contributed by atoms with Crippen molar-refractivity contribution >= 4 is 16.1 Å². The maximum absolute atomic E-state index is 12.6. The molecule has 0 bridgehead atoms. The molecule has 0 saturated carbocycles. The van der Waals surface area contributed by atoms with Gasteiger partial charge in [-0.15, -0.1) is 0 Å². The second kappa shape index (κ2) is 9.86. The number of amides is 2. The molecule has 0 radical (unpaired) electrons. The summed E-state index contributed by atoms with van der Waals surface area (Å²) in [5, 5.41) is 2.76. The molecule has 10 heteroatoms. The second-order valence-electron chi connectivity index (χ2n) is 6.71. The van der Waals surface area contributed by atoms with Crippen LogP contribution >= 0.6 is 0 Å². The van der Waals surface area contributed by atoms with Crippen molar-refractivity contribution in [2.45, 2.75) is 17.9 Å². The van der Waals surface area contributed by atoms with Gasteiger partial charge < -0.3 is 15.0 Å². The van der Waals surface area contributed by atoms with Crippen molar-refractivity contribution in [2.75, 3.05) is 32.8 Å². The molecule has 30 heavy (non-hydrogen) atoms. The minimum absolute atomic E-state index is 0.202. The minimum Gasteiger partial charge on any atom is -0.488 e. The largest absolute Gasteiger partial charge is 0.488 e. The summed E-state index contributed by atoms with van der Waals surface area (Å²) in [6.45, 7) is 0.479. The minimum atomic E-state index is -3.58. The summed E-state index contributed by atoms with van der Waals surface area (Å²) < 4.78 is 56.1. The van der Waals surface area contributed by atoms with E-state index in [0.29, 0.717) is 11.3 Å². The van der Waals surface area contributed by atoms with Gasteiger partial charge in [0.25, 0.3) is 6.43 Å². The number of carbonyl (C=O) groups excluding carboxylic acids is 1. The zero-order valence-electron chi connectivity index (χ0n) is 16.2. The number of alkyl halides is 2. The highest BCUT2D eigenvalue weighted by Crippen LogP contribution is 2.18. The number of carbonyl (C=O) groups is 1. The second-order valence-corrected chi connectivity index (χ2v) is 8.65. The number of ether oxygens (including phenoxy) is 1. The molecular formula is C20H23F2N3O4S. The van der Waals surface area contributed by atoms with Crippen LogP contribution in [0.1, 0.15) is 5.56 Å². The lowest BCUT2D eigenvalue weighted by atomic mass is 10.2. The number of nitrogens with one attached hydrogen (secondary N) is 1. The van der Waals surface area contributed by atoms with Gasteiger partial charge in [-0.2, -0.15) is 4.31 Å². The maximum atomic E-state index is 12.6. The molecule has 1 fully saturated rings. The highest BCUT2D eigenvalue weighted by atomic mass is 32.2. The Morgan fingerprint density at radius 3 is 2.40 bits per heavy atom. The maximum Gasteiger partial charge on any atom is 0.317 e. The summed E-state index contributed by atoms with van der Waals surface area (Å²) in [5.74, 6) is 0.307. The van der Waals surface area contributed by atoms with Gasteiger partial charge in [-0.25, -0.2) is 22.0 Å². The first-order valence-corrected chi connectivity index (χ1v) is 10.9. The Kier molecular flexibility index (Phi) is 7.22. The van der Waals surface area contributed by atoms with Crippen molar-refractivity contribution in [3.63, 3.8) is 0 Å². The van der Waals surface area contributed by atoms with Crippen LogP contribution in [0.2, 0.25) is 0 Å². The first kappa shape index (κ1) is 22.0. The van der Waals surface area contributed by atoms with Gasteiger partial charge in [-0.3, -0.25) is 0 Å². The van der Waals surface area contributed by atoms with Gasteiger partial charge in [0.15, 0.2) is 0 Å². The van der Waals surface area contributed by atoms with Crippen LogP contribution in [0.4, 0.5) is 13.6 Å². The molecule has 1 N–H and O–H groups in total. The predicted molar refractivity (Wildman–Crippen MR) is 107 cm³/mol. The Hall–Kier alpha value is -2.72. The quantitative estimate of drug-likeness (QED) is 0.719. The van der Waals surface area contributed by atoms with Crippen LogP contribution in [0.15, 0.2) is 59.5 Å². The zero-order valence-corrected chi connectivity index (χ0v) is 17.0. The summed E-state index contributed by atoms with van der Waals surface area (Å²) in [7, 11) is -3.58. The summed E-state index contributed by atoms with van der Waals surface area (Å²) in [4.78, 5) is 14.2. The summed E-state index contributed by atoms with van der Waals surface area (Å²) in [6.07, 6.45) is -2.56. The highest BCUT2D eigenvalue weighted by Gasteiger charge is 2.29. The van der Waals surface area contributed by atoms with E-state index in [4.69, 9.17) is 4.74 Å². The average Bonchev–Trinajstić information content (AvgIpc) is 2.77. The Bertz CT molecular complexity index is 950. The van der Waals surface area contributed by atoms with E-state index in [2.05, 4.69) is 5.32 Å². The number of sulfonamides is 1. The Morgan fingerprint density at radius 2 is 1.73 bits per heavy atom. The van der Waals surface area contributed by atoms with Crippen molar-refractivity contribution in [3.8, 4) is 5.75 Å². The van der Waals surface area contributed by atoms with Crippen LogP contribution in [0.3, 0.4) is 0 Å². The molecule has 0 aromatic heterocycles. The average molecular weight is 439 g/mol. The molecular weight excluding hydrogens is 416 g/mol. The zero-order chi connectivity index (χ0) is 21.6. The number of hydrogen-bond donors (Lipinski definition) is 1. The molecule has 0 aliphatic carbocycles. The molecule has 2 amide bonds. The van der Waals surface area contributed by atoms with Gasteiger partial charge in [0.05, 0.1) is 4.90 Å². The number of rotatable bonds is 7. The van der Waals surface area contributed by atoms with E-state index >= 15 is 0 Å². The first-order chi connectivity index (χ1) is 14.4. The van der Waals surface area contributed by atoms with Gasteiger partial charge in [0.2, 0.25) is 10.0 Å². The van der Waals surface area contributed by atoms with Gasteiger partial charge in [0, 0.05) is 32.7 Å². The van der Waals surface area contributed by atoms with Crippen LogP contribution in [-0.2, 0) is 16.6 Å². The van der Waals surface area contributed by atoms with E-state index in [1.54, 1.807) is 59.5 Å². The summed E-state index contributed by atoms with van der Waals surface area (Å²) in [6, 6.07) is 14.4. The van der Waals surface area contributed by atoms with Gasteiger partial charge >= 0.3 is 6.03 Å². The Labute approximate surface area is 174 Å². The molecule has 162 valence electrons. The van der Waals surface area contributed by atoms with Crippen LogP contribution in [-0.4, -0.2) is 62.9 Å². The lowest BCUT2D eigenvalue weighted by molar-refractivity contribution is 0.0818. The molecule has 1 saturated heterocycles. The first-order valence-electron chi connectivity index (χ1n) is 9.44. The fraction of sp³-hybridized carbons (Fsp3) is 0.350. The number of halogens is 2. The van der Waals surface area contributed by atoms with Gasteiger partial charge in [-0.05, 0) is 29.8 Å². The SMILES string of the molecule is O=C(NCc1cccc(OCC(F)F)c1)N1CCN(S(=O)(=O)c2ccccc2)CC1. The molecule has 1 aliphatic heterocycles. The van der Waals surface area contributed by atoms with E-state index in [1.807, 2.05) is 0 Å². The number of benzene rings is 2. The predicted octanol–water partition coefficient (Wildman–Crippen LogP) is 2.55. The summed E-state index contributed by atoms with van der Waals surface area (Å²) >= 11 is 0. The molecule has 1 heterocycles. The van der Waals surface area contributed by atoms with Crippen molar-refractivity contribution < 1.29 is 26.7 Å². The van der Waals surface area contributed by atoms with Crippen molar-refractivity contribution in [3.05, 3.63) is 60.2 Å². The topological polar surface area (TPSA) is 79.0 Å². The monoisotopic (exact) mass is 439 g/mol. The third kappa shape index (κ3) is 5.67. The lowest BCUT2D eigenvalue weighted by Gasteiger charge is -2.34. The van der Waals surface area contributed by atoms with Crippen LogP contribution in [0, 0.1) is 0 Å². The molecule has 2 aromatic rings. The molecule has 3 rings (SSSR count). The van der Waals surface area contributed by atoms with Crippen molar-refractivity contribution in [2.24, 2.45) is 0 Å². The van der Waals surface area contributed by atoms with E-state index in [0.717, 1.165) is 0 Å². The van der Waals surface area contributed by atoms with E-state index in [-0.39, 0.29) is 43.7 Å². The number of hydrogen-bond acceptors (Lipinski definition) is 4. The molecule has 0 spiro atoms.